The van der Waals surface area contributed by atoms with Crippen molar-refractivity contribution >= 4 is 18.1 Å². The molecule has 0 amide bonds. The first-order valence-electron chi connectivity index (χ1n) is 22.9. The maximum Gasteiger partial charge on any atom is 0.508 e. The fourth-order valence-corrected chi connectivity index (χ4v) is 7.05. The fourth-order valence-electron chi connectivity index (χ4n) is 7.05. The van der Waals surface area contributed by atoms with E-state index < -0.39 is 12.1 Å². The minimum absolute atomic E-state index is 0.00314. The highest BCUT2D eigenvalue weighted by atomic mass is 16.7. The van der Waals surface area contributed by atoms with Crippen molar-refractivity contribution in [2.75, 3.05) is 59.3 Å². The Balaban J connectivity index is 5.40. The quantitative estimate of drug-likeness (QED) is 0.0351. The van der Waals surface area contributed by atoms with Gasteiger partial charge in [0.05, 0.1) is 31.7 Å². The number of unbranched alkanes of at least 4 members (excludes halogenated alkanes) is 16. The highest BCUT2D eigenvalue weighted by Crippen LogP contribution is 2.24. The number of nitrogens with zero attached hydrogens (tertiary/aromatic N) is 1. The van der Waals surface area contributed by atoms with E-state index >= 15 is 0 Å². The summed E-state index contributed by atoms with van der Waals surface area (Å²) in [5, 5.41) is 18.4. The van der Waals surface area contributed by atoms with Crippen LogP contribution in [-0.4, -0.2) is 92.5 Å². The van der Waals surface area contributed by atoms with Gasteiger partial charge in [0.2, 0.25) is 0 Å². The molecule has 0 spiro atoms. The molecule has 2 N–H and O–H groups in total. The standard InChI is InChI=1S/C45H87NO9/c1-5-9-13-17-19-22-27-40(26-21-15-11-7-3)36-43(49)53-37-41(39-55-45(51)52-35-25-30-46(31-33-47)32-34-48)38-54-44(50)42(28-23-16-12-8-4)29-24-20-18-14-10-6-2/h40-42,47-48H,5-39H2,1-4H3. The molecule has 0 saturated carbocycles. The molecule has 10 nitrogen and oxygen atoms in total. The number of rotatable bonds is 41. The molecule has 326 valence electrons. The number of carbonyl (C=O) groups is 3. The van der Waals surface area contributed by atoms with E-state index in [0.29, 0.717) is 38.4 Å². The van der Waals surface area contributed by atoms with E-state index in [1.807, 2.05) is 4.90 Å². The maximum atomic E-state index is 13.5. The van der Waals surface area contributed by atoms with E-state index in [1.165, 1.54) is 77.0 Å². The van der Waals surface area contributed by atoms with Crippen molar-refractivity contribution in [3.05, 3.63) is 0 Å². The molecule has 0 radical (unpaired) electrons. The molecule has 0 saturated heterocycles. The predicted molar refractivity (Wildman–Crippen MR) is 223 cm³/mol. The largest absolute Gasteiger partial charge is 0.508 e. The predicted octanol–water partition coefficient (Wildman–Crippen LogP) is 10.6. The second-order valence-electron chi connectivity index (χ2n) is 15.8. The average Bonchev–Trinajstić information content (AvgIpc) is 3.18. The van der Waals surface area contributed by atoms with E-state index in [-0.39, 0.29) is 57.5 Å². The van der Waals surface area contributed by atoms with Crippen molar-refractivity contribution < 1.29 is 43.5 Å². The summed E-state index contributed by atoms with van der Waals surface area (Å²) in [4.78, 5) is 41.1. The molecule has 0 aliphatic carbocycles. The van der Waals surface area contributed by atoms with E-state index in [2.05, 4.69) is 27.7 Å². The van der Waals surface area contributed by atoms with E-state index in [0.717, 1.165) is 77.0 Å². The van der Waals surface area contributed by atoms with Crippen LogP contribution in [0.4, 0.5) is 4.79 Å². The van der Waals surface area contributed by atoms with Crippen LogP contribution in [0.2, 0.25) is 0 Å². The second-order valence-corrected chi connectivity index (χ2v) is 15.8. The summed E-state index contributed by atoms with van der Waals surface area (Å²) >= 11 is 0. The third-order valence-electron chi connectivity index (χ3n) is 10.6. The van der Waals surface area contributed by atoms with Gasteiger partial charge in [0.25, 0.3) is 0 Å². The second kappa shape index (κ2) is 40.3. The third-order valence-corrected chi connectivity index (χ3v) is 10.6. The number of aliphatic hydroxyl groups excluding tert-OH is 2. The normalized spacial score (nSPS) is 13.1. The van der Waals surface area contributed by atoms with Crippen LogP contribution in [0.5, 0.6) is 0 Å². The Morgan fingerprint density at radius 1 is 0.473 bits per heavy atom. The number of hydrogen-bond donors (Lipinski definition) is 2. The van der Waals surface area contributed by atoms with Crippen LogP contribution in [0.3, 0.4) is 0 Å². The van der Waals surface area contributed by atoms with Crippen LogP contribution in [0, 0.1) is 17.8 Å². The number of hydrogen-bond acceptors (Lipinski definition) is 10. The smallest absolute Gasteiger partial charge is 0.465 e. The molecule has 0 aromatic heterocycles. The van der Waals surface area contributed by atoms with E-state index in [9.17, 15) is 24.6 Å². The Hall–Kier alpha value is -1.91. The molecular formula is C45H87NO9. The summed E-state index contributed by atoms with van der Waals surface area (Å²) in [6, 6.07) is 0. The van der Waals surface area contributed by atoms with E-state index in [1.54, 1.807) is 0 Å². The van der Waals surface area contributed by atoms with Crippen molar-refractivity contribution in [1.29, 1.82) is 0 Å². The van der Waals surface area contributed by atoms with Gasteiger partial charge in [-0.05, 0) is 38.0 Å². The van der Waals surface area contributed by atoms with Gasteiger partial charge in [0.15, 0.2) is 0 Å². The first-order valence-corrected chi connectivity index (χ1v) is 22.9. The molecule has 10 heteroatoms. The minimum atomic E-state index is -0.832. The molecular weight excluding hydrogens is 698 g/mol. The van der Waals surface area contributed by atoms with Gasteiger partial charge in [-0.3, -0.25) is 14.5 Å². The Bertz CT molecular complexity index is 867. The van der Waals surface area contributed by atoms with Gasteiger partial charge < -0.3 is 29.2 Å². The topological polar surface area (TPSA) is 132 Å². The average molecular weight is 786 g/mol. The van der Waals surface area contributed by atoms with Crippen LogP contribution in [0.25, 0.3) is 0 Å². The summed E-state index contributed by atoms with van der Waals surface area (Å²) in [5.41, 5.74) is 0. The Morgan fingerprint density at radius 3 is 1.42 bits per heavy atom. The van der Waals surface area contributed by atoms with Crippen LogP contribution in [0.15, 0.2) is 0 Å². The van der Waals surface area contributed by atoms with Gasteiger partial charge in [-0.1, -0.05) is 156 Å². The molecule has 0 aromatic rings. The zero-order valence-electron chi connectivity index (χ0n) is 36.2. The lowest BCUT2D eigenvalue weighted by atomic mass is 9.91. The Kier molecular flexibility index (Phi) is 38.9. The first-order chi connectivity index (χ1) is 26.8. The molecule has 0 heterocycles. The lowest BCUT2D eigenvalue weighted by Gasteiger charge is -2.21. The fraction of sp³-hybridized carbons (Fsp3) is 0.933. The summed E-state index contributed by atoms with van der Waals surface area (Å²) < 4.78 is 22.4. The van der Waals surface area contributed by atoms with Gasteiger partial charge in [0.1, 0.15) is 19.8 Å². The Morgan fingerprint density at radius 2 is 0.909 bits per heavy atom. The van der Waals surface area contributed by atoms with E-state index in [4.69, 9.17) is 18.9 Å². The van der Waals surface area contributed by atoms with Crippen LogP contribution < -0.4 is 0 Å². The SMILES string of the molecule is CCCCCCCCC(CCCCCC)CC(=O)OCC(COC(=O)OCCCN(CCO)CCO)COC(=O)C(CCCCCC)CCCCCCCC. The first kappa shape index (κ1) is 53.1. The molecule has 3 unspecified atom stereocenters. The molecule has 0 aliphatic rings. The monoisotopic (exact) mass is 786 g/mol. The molecule has 0 rings (SSSR count). The molecule has 0 aromatic carbocycles. The summed E-state index contributed by atoms with van der Waals surface area (Å²) in [6.45, 7) is 10.2. The van der Waals surface area contributed by atoms with Gasteiger partial charge in [-0.25, -0.2) is 4.79 Å². The lowest BCUT2D eigenvalue weighted by Crippen LogP contribution is -2.31. The number of carbonyl (C=O) groups excluding carboxylic acids is 3. The number of aliphatic hydroxyl groups is 2. The van der Waals surface area contributed by atoms with Crippen LogP contribution in [-0.2, 0) is 28.5 Å². The summed E-state index contributed by atoms with van der Waals surface area (Å²) in [6.07, 6.45) is 27.2. The number of ether oxygens (including phenoxy) is 4. The maximum absolute atomic E-state index is 13.5. The minimum Gasteiger partial charge on any atom is -0.465 e. The van der Waals surface area contributed by atoms with Crippen molar-refractivity contribution in [3.8, 4) is 0 Å². The third kappa shape index (κ3) is 33.9. The summed E-state index contributed by atoms with van der Waals surface area (Å²) in [5.74, 6) is -0.854. The van der Waals surface area contributed by atoms with Gasteiger partial charge in [-0.15, -0.1) is 0 Å². The van der Waals surface area contributed by atoms with Crippen LogP contribution in [0.1, 0.15) is 195 Å². The molecule has 0 fully saturated rings. The zero-order valence-corrected chi connectivity index (χ0v) is 36.2. The zero-order chi connectivity index (χ0) is 40.6. The van der Waals surface area contributed by atoms with Gasteiger partial charge >= 0.3 is 18.1 Å². The highest BCUT2D eigenvalue weighted by molar-refractivity contribution is 5.72. The van der Waals surface area contributed by atoms with Gasteiger partial charge in [-0.2, -0.15) is 0 Å². The Labute approximate surface area is 337 Å². The van der Waals surface area contributed by atoms with Crippen molar-refractivity contribution in [2.45, 2.75) is 195 Å². The van der Waals surface area contributed by atoms with Crippen LogP contribution >= 0.6 is 0 Å². The van der Waals surface area contributed by atoms with Crippen molar-refractivity contribution in [2.24, 2.45) is 17.8 Å². The lowest BCUT2D eigenvalue weighted by molar-refractivity contribution is -0.154. The summed E-state index contributed by atoms with van der Waals surface area (Å²) in [7, 11) is 0. The molecule has 3 atom stereocenters. The molecule has 0 aliphatic heterocycles. The van der Waals surface area contributed by atoms with Crippen molar-refractivity contribution in [1.82, 2.24) is 4.90 Å². The van der Waals surface area contributed by atoms with Gasteiger partial charge in [0, 0.05) is 26.1 Å². The number of esters is 2. The van der Waals surface area contributed by atoms with Crippen molar-refractivity contribution in [3.63, 3.8) is 0 Å². The molecule has 0 bridgehead atoms. The highest BCUT2D eigenvalue weighted by Gasteiger charge is 2.24. The molecule has 55 heavy (non-hydrogen) atoms.